The van der Waals surface area contributed by atoms with Crippen molar-refractivity contribution in [2.24, 2.45) is 0 Å². The molecule has 0 saturated heterocycles. The molecule has 4 heteroatoms. The molecule has 1 unspecified atom stereocenters. The lowest BCUT2D eigenvalue weighted by Crippen LogP contribution is -2.37. The number of rotatable bonds is 8. The van der Waals surface area contributed by atoms with Gasteiger partial charge in [0.2, 0.25) is 0 Å². The maximum atomic E-state index is 8.80. The summed E-state index contributed by atoms with van der Waals surface area (Å²) in [4.78, 5) is 2.32. The fraction of sp³-hybridized carbons (Fsp3) is 0.909. The molecule has 0 fully saturated rings. The molecule has 0 amide bonds. The molecule has 0 aromatic rings. The van der Waals surface area contributed by atoms with Gasteiger partial charge < -0.3 is 10.1 Å². The minimum atomic E-state index is -0.0474. The number of hydrogen-bond donors (Lipinski definition) is 1. The molecule has 0 bridgehead atoms. The monoisotopic (exact) mass is 213 g/mol. The summed E-state index contributed by atoms with van der Waals surface area (Å²) in [6, 6.07) is 2.68. The Hall–Kier alpha value is -0.630. The van der Waals surface area contributed by atoms with Gasteiger partial charge >= 0.3 is 0 Å². The zero-order valence-corrected chi connectivity index (χ0v) is 10.3. The van der Waals surface area contributed by atoms with Crippen LogP contribution in [-0.2, 0) is 4.74 Å². The number of hydrogen-bond acceptors (Lipinski definition) is 4. The Morgan fingerprint density at radius 3 is 2.47 bits per heavy atom. The van der Waals surface area contributed by atoms with Gasteiger partial charge in [-0.1, -0.05) is 0 Å². The van der Waals surface area contributed by atoms with Gasteiger partial charge in [-0.2, -0.15) is 5.26 Å². The second-order valence-electron chi connectivity index (χ2n) is 3.88. The van der Waals surface area contributed by atoms with Crippen LogP contribution in [0.5, 0.6) is 0 Å². The molecule has 15 heavy (non-hydrogen) atoms. The third kappa shape index (κ3) is 6.45. The van der Waals surface area contributed by atoms with Crippen LogP contribution in [-0.4, -0.2) is 50.8 Å². The Morgan fingerprint density at radius 2 is 2.07 bits per heavy atom. The Kier molecular flexibility index (Phi) is 8.30. The molecule has 0 aliphatic carbocycles. The fourth-order valence-electron chi connectivity index (χ4n) is 1.41. The van der Waals surface area contributed by atoms with Crippen LogP contribution in [0.25, 0.3) is 0 Å². The number of methoxy groups -OCH3 is 1. The second kappa shape index (κ2) is 8.66. The number of nitriles is 1. The summed E-state index contributed by atoms with van der Waals surface area (Å²) in [6.45, 7) is 6.93. The van der Waals surface area contributed by atoms with Crippen LogP contribution < -0.4 is 5.32 Å². The van der Waals surface area contributed by atoms with E-state index in [1.807, 2.05) is 7.05 Å². The van der Waals surface area contributed by atoms with Crippen molar-refractivity contribution in [3.63, 3.8) is 0 Å². The topological polar surface area (TPSA) is 48.3 Å². The molecular weight excluding hydrogens is 190 g/mol. The van der Waals surface area contributed by atoms with Gasteiger partial charge in [0, 0.05) is 26.2 Å². The van der Waals surface area contributed by atoms with Crippen LogP contribution in [0.15, 0.2) is 0 Å². The summed E-state index contributed by atoms with van der Waals surface area (Å²) in [5.74, 6) is 0. The molecule has 0 spiro atoms. The molecule has 0 heterocycles. The molecular formula is C11H23N3O. The van der Waals surface area contributed by atoms with Gasteiger partial charge in [-0.3, -0.25) is 4.90 Å². The lowest BCUT2D eigenvalue weighted by atomic mass is 10.2. The zero-order chi connectivity index (χ0) is 11.7. The number of nitrogens with zero attached hydrogens (tertiary/aromatic N) is 2. The van der Waals surface area contributed by atoms with Crippen LogP contribution in [0.1, 0.15) is 20.3 Å². The Bertz CT molecular complexity index is 189. The Labute approximate surface area is 93.2 Å². The molecule has 1 atom stereocenters. The average Bonchev–Trinajstić information content (AvgIpc) is 2.23. The third-order valence-corrected chi connectivity index (χ3v) is 2.52. The predicted molar refractivity (Wildman–Crippen MR) is 61.7 cm³/mol. The summed E-state index contributed by atoms with van der Waals surface area (Å²) < 4.78 is 5.06. The molecule has 0 radical (unpaired) electrons. The van der Waals surface area contributed by atoms with Crippen molar-refractivity contribution in [1.82, 2.24) is 10.2 Å². The van der Waals surface area contributed by atoms with Gasteiger partial charge in [-0.05, 0) is 27.3 Å². The molecule has 0 saturated carbocycles. The van der Waals surface area contributed by atoms with E-state index in [-0.39, 0.29) is 6.04 Å². The van der Waals surface area contributed by atoms with Gasteiger partial charge in [-0.25, -0.2) is 0 Å². The van der Waals surface area contributed by atoms with Crippen molar-refractivity contribution in [1.29, 1.82) is 5.26 Å². The lowest BCUT2D eigenvalue weighted by molar-refractivity contribution is 0.127. The first-order valence-electron chi connectivity index (χ1n) is 5.45. The third-order valence-electron chi connectivity index (χ3n) is 2.52. The molecule has 4 nitrogen and oxygen atoms in total. The van der Waals surface area contributed by atoms with Crippen LogP contribution in [0.3, 0.4) is 0 Å². The van der Waals surface area contributed by atoms with Crippen molar-refractivity contribution in [3.8, 4) is 6.07 Å². The van der Waals surface area contributed by atoms with E-state index in [4.69, 9.17) is 10.00 Å². The SMILES string of the molecule is CNC(C#N)CCN(CCOC)C(C)C. The summed E-state index contributed by atoms with van der Waals surface area (Å²) >= 11 is 0. The Morgan fingerprint density at radius 1 is 1.40 bits per heavy atom. The minimum Gasteiger partial charge on any atom is -0.383 e. The van der Waals surface area contributed by atoms with E-state index in [1.165, 1.54) is 0 Å². The van der Waals surface area contributed by atoms with E-state index in [0.717, 1.165) is 26.1 Å². The molecule has 0 aliphatic heterocycles. The van der Waals surface area contributed by atoms with Crippen molar-refractivity contribution >= 4 is 0 Å². The highest BCUT2D eigenvalue weighted by atomic mass is 16.5. The predicted octanol–water partition coefficient (Wildman–Crippen LogP) is 0.845. The van der Waals surface area contributed by atoms with Crippen molar-refractivity contribution in [2.45, 2.75) is 32.4 Å². The van der Waals surface area contributed by atoms with Crippen LogP contribution in [0.4, 0.5) is 0 Å². The normalized spacial score (nSPS) is 13.1. The van der Waals surface area contributed by atoms with Crippen molar-refractivity contribution < 1.29 is 4.74 Å². The van der Waals surface area contributed by atoms with Gasteiger partial charge in [0.25, 0.3) is 0 Å². The standard InChI is InChI=1S/C11H23N3O/c1-10(2)14(7-8-15-4)6-5-11(9-12)13-3/h10-11,13H,5-8H2,1-4H3. The molecule has 0 aromatic heterocycles. The van der Waals surface area contributed by atoms with Crippen LogP contribution >= 0.6 is 0 Å². The van der Waals surface area contributed by atoms with E-state index >= 15 is 0 Å². The van der Waals surface area contributed by atoms with Crippen LogP contribution in [0, 0.1) is 11.3 Å². The highest BCUT2D eigenvalue weighted by Crippen LogP contribution is 2.01. The average molecular weight is 213 g/mol. The van der Waals surface area contributed by atoms with Gasteiger partial charge in [0.05, 0.1) is 18.7 Å². The Balaban J connectivity index is 3.90. The first kappa shape index (κ1) is 14.4. The molecule has 88 valence electrons. The second-order valence-corrected chi connectivity index (χ2v) is 3.88. The molecule has 0 rings (SSSR count). The van der Waals surface area contributed by atoms with Gasteiger partial charge in [-0.15, -0.1) is 0 Å². The maximum absolute atomic E-state index is 8.80. The van der Waals surface area contributed by atoms with Crippen molar-refractivity contribution in [2.75, 3.05) is 33.9 Å². The fourth-order valence-corrected chi connectivity index (χ4v) is 1.41. The smallest absolute Gasteiger partial charge is 0.0962 e. The molecule has 0 aromatic carbocycles. The summed E-state index contributed by atoms with van der Waals surface area (Å²) in [5.41, 5.74) is 0. The highest BCUT2D eigenvalue weighted by molar-refractivity contribution is 4.89. The molecule has 0 aliphatic rings. The quantitative estimate of drug-likeness (QED) is 0.649. The van der Waals surface area contributed by atoms with Gasteiger partial charge in [0.15, 0.2) is 0 Å². The van der Waals surface area contributed by atoms with E-state index in [0.29, 0.717) is 6.04 Å². The minimum absolute atomic E-state index is 0.0474. The first-order chi connectivity index (χ1) is 7.15. The molecule has 1 N–H and O–H groups in total. The number of nitrogens with one attached hydrogen (secondary N) is 1. The summed E-state index contributed by atoms with van der Waals surface area (Å²) in [7, 11) is 3.53. The highest BCUT2D eigenvalue weighted by Gasteiger charge is 2.11. The lowest BCUT2D eigenvalue weighted by Gasteiger charge is -2.26. The van der Waals surface area contributed by atoms with E-state index in [2.05, 4.69) is 30.1 Å². The maximum Gasteiger partial charge on any atom is 0.0962 e. The zero-order valence-electron chi connectivity index (χ0n) is 10.3. The number of ether oxygens (including phenoxy) is 1. The van der Waals surface area contributed by atoms with E-state index < -0.39 is 0 Å². The first-order valence-corrected chi connectivity index (χ1v) is 5.45. The van der Waals surface area contributed by atoms with Gasteiger partial charge in [0.1, 0.15) is 0 Å². The van der Waals surface area contributed by atoms with E-state index in [9.17, 15) is 0 Å². The van der Waals surface area contributed by atoms with Crippen LogP contribution in [0.2, 0.25) is 0 Å². The summed E-state index contributed by atoms with van der Waals surface area (Å²) in [6.07, 6.45) is 0.856. The largest absolute Gasteiger partial charge is 0.383 e. The van der Waals surface area contributed by atoms with Crippen molar-refractivity contribution in [3.05, 3.63) is 0 Å². The summed E-state index contributed by atoms with van der Waals surface area (Å²) in [5, 5.41) is 11.8. The van der Waals surface area contributed by atoms with E-state index in [1.54, 1.807) is 7.11 Å².